The van der Waals surface area contributed by atoms with E-state index >= 15 is 0 Å². The second kappa shape index (κ2) is 11.3. The van der Waals surface area contributed by atoms with Crippen molar-refractivity contribution in [3.63, 3.8) is 0 Å². The summed E-state index contributed by atoms with van der Waals surface area (Å²) in [6, 6.07) is 11.6. The van der Waals surface area contributed by atoms with Crippen LogP contribution >= 0.6 is 35.6 Å². The molecule has 0 spiro atoms. The van der Waals surface area contributed by atoms with Crippen LogP contribution in [0.25, 0.3) is 0 Å². The summed E-state index contributed by atoms with van der Waals surface area (Å²) in [4.78, 5) is 20.7. The first kappa shape index (κ1) is 23.4. The van der Waals surface area contributed by atoms with E-state index < -0.39 is 0 Å². The third-order valence-corrected chi connectivity index (χ3v) is 5.04. The predicted molar refractivity (Wildman–Crippen MR) is 128 cm³/mol. The van der Waals surface area contributed by atoms with Crippen LogP contribution in [0, 0.1) is 0 Å². The Morgan fingerprint density at radius 2 is 1.97 bits per heavy atom. The first-order valence-electron chi connectivity index (χ1n) is 9.59. The van der Waals surface area contributed by atoms with Crippen LogP contribution in [0.5, 0.6) is 0 Å². The number of hydrogen-bond donors (Lipinski definition) is 3. The summed E-state index contributed by atoms with van der Waals surface area (Å²) in [6.07, 6.45) is 5.45. The van der Waals surface area contributed by atoms with Crippen molar-refractivity contribution in [1.82, 2.24) is 20.9 Å². The van der Waals surface area contributed by atoms with Crippen LogP contribution < -0.4 is 16.0 Å². The number of hydrogen-bond acceptors (Lipinski definition) is 3. The zero-order valence-electron chi connectivity index (χ0n) is 16.5. The van der Waals surface area contributed by atoms with E-state index in [2.05, 4.69) is 27.0 Å². The molecule has 1 aliphatic rings. The van der Waals surface area contributed by atoms with Crippen LogP contribution in [-0.2, 0) is 5.41 Å². The van der Waals surface area contributed by atoms with E-state index in [-0.39, 0.29) is 35.3 Å². The first-order valence-corrected chi connectivity index (χ1v) is 9.97. The fourth-order valence-corrected chi connectivity index (χ4v) is 3.23. The highest BCUT2D eigenvalue weighted by molar-refractivity contribution is 14.0. The van der Waals surface area contributed by atoms with Gasteiger partial charge in [-0.25, -0.2) is 0 Å². The number of halogens is 2. The van der Waals surface area contributed by atoms with Gasteiger partial charge < -0.3 is 16.0 Å². The molecule has 1 aromatic carbocycles. The van der Waals surface area contributed by atoms with Gasteiger partial charge in [-0.2, -0.15) is 0 Å². The first-order chi connectivity index (χ1) is 13.6. The third kappa shape index (κ3) is 6.85. The topological polar surface area (TPSA) is 78.4 Å². The molecule has 1 aromatic heterocycles. The standard InChI is InChI=1S/C21H26ClN5O.HI/c1-2-24-20(26-12-11-25-19(28)16-5-4-10-23-14-16)27-15-21(8-9-21)17-6-3-7-18(22)13-17;/h3-7,10,13-14H,2,8-9,11-12,15H2,1H3,(H,25,28)(H2,24,26,27);1H. The molecule has 2 aromatic rings. The lowest BCUT2D eigenvalue weighted by atomic mass is 9.96. The number of benzene rings is 1. The van der Waals surface area contributed by atoms with Gasteiger partial charge in [-0.05, 0) is 49.6 Å². The molecule has 0 bridgehead atoms. The van der Waals surface area contributed by atoms with Gasteiger partial charge in [-0.1, -0.05) is 23.7 Å². The van der Waals surface area contributed by atoms with Crippen molar-refractivity contribution in [3.05, 3.63) is 64.9 Å². The number of pyridine rings is 1. The van der Waals surface area contributed by atoms with E-state index in [4.69, 9.17) is 16.6 Å². The Labute approximate surface area is 194 Å². The number of nitrogens with one attached hydrogen (secondary N) is 3. The largest absolute Gasteiger partial charge is 0.357 e. The van der Waals surface area contributed by atoms with Crippen LogP contribution in [0.3, 0.4) is 0 Å². The highest BCUT2D eigenvalue weighted by atomic mass is 127. The maximum atomic E-state index is 12.0. The van der Waals surface area contributed by atoms with Gasteiger partial charge in [0.05, 0.1) is 12.1 Å². The number of carbonyl (C=O) groups excluding carboxylic acids is 1. The Balaban J connectivity index is 0.00000300. The third-order valence-electron chi connectivity index (χ3n) is 4.80. The molecule has 1 saturated carbocycles. The number of rotatable bonds is 8. The molecule has 3 N–H and O–H groups in total. The van der Waals surface area contributed by atoms with Gasteiger partial charge in [-0.15, -0.1) is 24.0 Å². The van der Waals surface area contributed by atoms with Gasteiger partial charge in [0.25, 0.3) is 5.91 Å². The van der Waals surface area contributed by atoms with Crippen LogP contribution in [0.1, 0.15) is 35.7 Å². The molecule has 8 heteroatoms. The summed E-state index contributed by atoms with van der Waals surface area (Å²) in [5, 5.41) is 10.2. The van der Waals surface area contributed by atoms with Crippen LogP contribution in [0.4, 0.5) is 0 Å². The average molecular weight is 528 g/mol. The Kier molecular flexibility index (Phi) is 9.16. The molecule has 1 heterocycles. The lowest BCUT2D eigenvalue weighted by molar-refractivity contribution is 0.0954. The van der Waals surface area contributed by atoms with Gasteiger partial charge in [0.1, 0.15) is 0 Å². The van der Waals surface area contributed by atoms with Crippen LogP contribution in [-0.4, -0.2) is 43.0 Å². The average Bonchev–Trinajstić information content (AvgIpc) is 3.51. The Bertz CT molecular complexity index is 827. The Hall–Kier alpha value is -1.87. The second-order valence-corrected chi connectivity index (χ2v) is 7.35. The lowest BCUT2D eigenvalue weighted by Crippen LogP contribution is -2.42. The van der Waals surface area contributed by atoms with E-state index in [0.29, 0.717) is 25.2 Å². The highest BCUT2D eigenvalue weighted by Gasteiger charge is 2.44. The SMILES string of the molecule is CCNC(=NCC1(c2cccc(Cl)c2)CC1)NCCNC(=O)c1cccnc1.I. The second-order valence-electron chi connectivity index (χ2n) is 6.91. The molecule has 0 aliphatic heterocycles. The number of nitrogens with zero attached hydrogens (tertiary/aromatic N) is 2. The fraction of sp³-hybridized carbons (Fsp3) is 0.381. The van der Waals surface area contributed by atoms with Crippen molar-refractivity contribution in [2.24, 2.45) is 4.99 Å². The summed E-state index contributed by atoms with van der Waals surface area (Å²) in [7, 11) is 0. The number of aromatic nitrogens is 1. The minimum atomic E-state index is -0.130. The number of aliphatic imine (C=N–C) groups is 1. The van der Waals surface area contributed by atoms with Crippen LogP contribution in [0.2, 0.25) is 5.02 Å². The van der Waals surface area contributed by atoms with Crippen molar-refractivity contribution < 1.29 is 4.79 Å². The summed E-state index contributed by atoms with van der Waals surface area (Å²) in [6.45, 7) is 4.60. The molecule has 0 saturated heterocycles. The number of guanidine groups is 1. The summed E-state index contributed by atoms with van der Waals surface area (Å²) in [5.41, 5.74) is 1.91. The van der Waals surface area contributed by atoms with Crippen LogP contribution in [0.15, 0.2) is 53.8 Å². The minimum Gasteiger partial charge on any atom is -0.357 e. The monoisotopic (exact) mass is 527 g/mol. The van der Waals surface area contributed by atoms with E-state index in [9.17, 15) is 4.79 Å². The molecular weight excluding hydrogens is 501 g/mol. The molecule has 1 aliphatic carbocycles. The summed E-state index contributed by atoms with van der Waals surface area (Å²) >= 11 is 6.15. The van der Waals surface area contributed by atoms with Gasteiger partial charge in [0, 0.05) is 42.5 Å². The van der Waals surface area contributed by atoms with Crippen molar-refractivity contribution >= 4 is 47.4 Å². The zero-order valence-corrected chi connectivity index (χ0v) is 19.5. The lowest BCUT2D eigenvalue weighted by Gasteiger charge is -2.16. The molecule has 1 amide bonds. The maximum absolute atomic E-state index is 12.0. The van der Waals surface area contributed by atoms with E-state index in [1.807, 2.05) is 25.1 Å². The van der Waals surface area contributed by atoms with Gasteiger partial charge in [0.15, 0.2) is 5.96 Å². The molecule has 1 fully saturated rings. The molecule has 29 heavy (non-hydrogen) atoms. The van der Waals surface area contributed by atoms with E-state index in [0.717, 1.165) is 30.4 Å². The quantitative estimate of drug-likeness (QED) is 0.213. The molecule has 0 unspecified atom stereocenters. The van der Waals surface area contributed by atoms with Crippen molar-refractivity contribution in [3.8, 4) is 0 Å². The predicted octanol–water partition coefficient (Wildman–Crippen LogP) is 3.37. The highest BCUT2D eigenvalue weighted by Crippen LogP contribution is 2.48. The summed E-state index contributed by atoms with van der Waals surface area (Å²) < 4.78 is 0. The Morgan fingerprint density at radius 1 is 1.17 bits per heavy atom. The zero-order chi connectivity index (χ0) is 19.8. The van der Waals surface area contributed by atoms with Gasteiger partial charge in [0.2, 0.25) is 0 Å². The molecule has 6 nitrogen and oxygen atoms in total. The molecule has 156 valence electrons. The number of amides is 1. The molecule has 3 rings (SSSR count). The molecule has 0 radical (unpaired) electrons. The van der Waals surface area contributed by atoms with Crippen molar-refractivity contribution in [1.29, 1.82) is 0 Å². The molecule has 0 atom stereocenters. The van der Waals surface area contributed by atoms with Gasteiger partial charge >= 0.3 is 0 Å². The van der Waals surface area contributed by atoms with E-state index in [1.165, 1.54) is 5.56 Å². The minimum absolute atomic E-state index is 0. The maximum Gasteiger partial charge on any atom is 0.252 e. The fourth-order valence-electron chi connectivity index (χ4n) is 3.04. The van der Waals surface area contributed by atoms with Gasteiger partial charge in [-0.3, -0.25) is 14.8 Å². The van der Waals surface area contributed by atoms with Crippen molar-refractivity contribution in [2.75, 3.05) is 26.2 Å². The normalized spacial score (nSPS) is 14.5. The Morgan fingerprint density at radius 3 is 2.62 bits per heavy atom. The molecular formula is C21H27ClIN5O. The van der Waals surface area contributed by atoms with E-state index in [1.54, 1.807) is 24.5 Å². The smallest absolute Gasteiger partial charge is 0.252 e. The number of carbonyl (C=O) groups is 1. The summed E-state index contributed by atoms with van der Waals surface area (Å²) in [5.74, 6) is 0.626. The van der Waals surface area contributed by atoms with Crippen molar-refractivity contribution in [2.45, 2.75) is 25.2 Å².